The summed E-state index contributed by atoms with van der Waals surface area (Å²) in [5.41, 5.74) is 6.91. The van der Waals surface area contributed by atoms with Crippen molar-refractivity contribution in [1.29, 1.82) is 0 Å². The molecule has 0 aliphatic heterocycles. The van der Waals surface area contributed by atoms with Gasteiger partial charge in [0.25, 0.3) is 0 Å². The van der Waals surface area contributed by atoms with E-state index >= 15 is 0 Å². The maximum Gasteiger partial charge on any atom is 0.137 e. The molecule has 0 aromatic carbocycles. The molecule has 0 radical (unpaired) electrons. The van der Waals surface area contributed by atoms with Gasteiger partial charge in [-0.05, 0) is 56.2 Å². The summed E-state index contributed by atoms with van der Waals surface area (Å²) < 4.78 is 2.34. The first-order valence-electron chi connectivity index (χ1n) is 6.44. The average Bonchev–Trinajstić information content (AvgIpc) is 2.52. The van der Waals surface area contributed by atoms with Crippen molar-refractivity contribution in [3.05, 3.63) is 34.8 Å². The first-order chi connectivity index (χ1) is 7.96. The van der Waals surface area contributed by atoms with Crippen molar-refractivity contribution in [2.45, 2.75) is 47.0 Å². The number of aromatic nitrogens is 2. The van der Waals surface area contributed by atoms with E-state index in [-0.39, 0.29) is 0 Å². The van der Waals surface area contributed by atoms with Gasteiger partial charge in [0.15, 0.2) is 0 Å². The Balaban J connectivity index is 2.26. The summed E-state index contributed by atoms with van der Waals surface area (Å²) in [6.45, 7) is 9.02. The van der Waals surface area contributed by atoms with Crippen molar-refractivity contribution < 1.29 is 0 Å². The smallest absolute Gasteiger partial charge is 0.137 e. The summed E-state index contributed by atoms with van der Waals surface area (Å²) in [5, 5.41) is 0. The van der Waals surface area contributed by atoms with Crippen molar-refractivity contribution in [2.75, 3.05) is 0 Å². The number of hydrogen-bond acceptors (Lipinski definition) is 1. The van der Waals surface area contributed by atoms with Crippen LogP contribution in [0.5, 0.6) is 0 Å². The van der Waals surface area contributed by atoms with Gasteiger partial charge in [-0.15, -0.1) is 0 Å². The minimum atomic E-state index is 0.411. The molecule has 0 saturated carbocycles. The molecule has 17 heavy (non-hydrogen) atoms. The second-order valence-corrected chi connectivity index (χ2v) is 6.21. The van der Waals surface area contributed by atoms with Crippen LogP contribution >= 0.6 is 0 Å². The number of nitrogens with zero attached hydrogens (tertiary/aromatic N) is 2. The van der Waals surface area contributed by atoms with Crippen LogP contribution in [0.25, 0.3) is 5.65 Å². The molecule has 90 valence electrons. The standard InChI is InChI=1S/C15H20N2/c1-10-7-11(2)17-13-5-6-15(3,4)9-12(13)16-14(17)8-10/h7-8H,5-6,9H2,1-4H3. The lowest BCUT2D eigenvalue weighted by Gasteiger charge is -2.28. The van der Waals surface area contributed by atoms with Crippen molar-refractivity contribution in [1.82, 2.24) is 9.38 Å². The molecule has 2 heteroatoms. The quantitative estimate of drug-likeness (QED) is 0.675. The Morgan fingerprint density at radius 3 is 2.76 bits per heavy atom. The molecule has 1 aliphatic carbocycles. The van der Waals surface area contributed by atoms with E-state index in [1.807, 2.05) is 0 Å². The number of fused-ring (bicyclic) bond motifs is 3. The Morgan fingerprint density at radius 1 is 1.24 bits per heavy atom. The maximum atomic E-state index is 4.83. The Morgan fingerprint density at radius 2 is 2.00 bits per heavy atom. The van der Waals surface area contributed by atoms with Crippen LogP contribution < -0.4 is 0 Å². The van der Waals surface area contributed by atoms with Crippen molar-refractivity contribution in [2.24, 2.45) is 5.41 Å². The topological polar surface area (TPSA) is 17.3 Å². The highest BCUT2D eigenvalue weighted by Gasteiger charge is 2.28. The zero-order valence-corrected chi connectivity index (χ0v) is 11.2. The molecule has 0 fully saturated rings. The van der Waals surface area contributed by atoms with E-state index in [9.17, 15) is 0 Å². The largest absolute Gasteiger partial charge is 0.301 e. The highest BCUT2D eigenvalue weighted by Crippen LogP contribution is 2.35. The summed E-state index contributed by atoms with van der Waals surface area (Å²) in [4.78, 5) is 4.83. The molecular formula is C15H20N2. The van der Waals surface area contributed by atoms with E-state index in [2.05, 4.69) is 44.2 Å². The van der Waals surface area contributed by atoms with Crippen LogP contribution in [-0.4, -0.2) is 9.38 Å². The SMILES string of the molecule is Cc1cc(C)n2c3c(nc2c1)CC(C)(C)CC3. The fraction of sp³-hybridized carbons (Fsp3) is 0.533. The lowest BCUT2D eigenvalue weighted by atomic mass is 9.78. The Labute approximate surface area is 103 Å². The number of aryl methyl sites for hydroxylation is 3. The molecule has 2 aromatic heterocycles. The predicted octanol–water partition coefficient (Wildman–Crippen LogP) is 3.47. The van der Waals surface area contributed by atoms with E-state index in [0.29, 0.717) is 5.41 Å². The van der Waals surface area contributed by atoms with Gasteiger partial charge in [-0.1, -0.05) is 13.8 Å². The first kappa shape index (κ1) is 10.8. The van der Waals surface area contributed by atoms with E-state index < -0.39 is 0 Å². The summed E-state index contributed by atoms with van der Waals surface area (Å²) in [7, 11) is 0. The molecule has 0 unspecified atom stereocenters. The van der Waals surface area contributed by atoms with Crippen molar-refractivity contribution >= 4 is 5.65 Å². The monoisotopic (exact) mass is 228 g/mol. The minimum absolute atomic E-state index is 0.411. The number of imidazole rings is 1. The molecule has 0 saturated heterocycles. The number of hydrogen-bond donors (Lipinski definition) is 0. The zero-order chi connectivity index (χ0) is 12.2. The fourth-order valence-corrected chi connectivity index (χ4v) is 3.05. The van der Waals surface area contributed by atoms with E-state index in [0.717, 1.165) is 18.5 Å². The van der Waals surface area contributed by atoms with Crippen LogP contribution in [0.3, 0.4) is 0 Å². The van der Waals surface area contributed by atoms with Crippen LogP contribution in [0.15, 0.2) is 12.1 Å². The third kappa shape index (κ3) is 1.67. The number of pyridine rings is 1. The molecule has 0 atom stereocenters. The zero-order valence-electron chi connectivity index (χ0n) is 11.2. The molecular weight excluding hydrogens is 208 g/mol. The Hall–Kier alpha value is -1.31. The molecule has 0 spiro atoms. The molecule has 2 heterocycles. The molecule has 0 amide bonds. The van der Waals surface area contributed by atoms with Gasteiger partial charge in [-0.2, -0.15) is 0 Å². The molecule has 3 rings (SSSR count). The van der Waals surface area contributed by atoms with Crippen LogP contribution in [0.2, 0.25) is 0 Å². The molecule has 0 N–H and O–H groups in total. The molecule has 2 nitrogen and oxygen atoms in total. The van der Waals surface area contributed by atoms with Crippen molar-refractivity contribution in [3.63, 3.8) is 0 Å². The Bertz CT molecular complexity index is 590. The Kier molecular flexibility index (Phi) is 2.13. The lowest BCUT2D eigenvalue weighted by molar-refractivity contribution is 0.309. The van der Waals surface area contributed by atoms with Gasteiger partial charge >= 0.3 is 0 Å². The average molecular weight is 228 g/mol. The highest BCUT2D eigenvalue weighted by molar-refractivity contribution is 5.48. The molecule has 2 aromatic rings. The first-order valence-corrected chi connectivity index (χ1v) is 6.44. The van der Waals surface area contributed by atoms with E-state index in [1.165, 1.54) is 29.1 Å². The van der Waals surface area contributed by atoms with Gasteiger partial charge in [0, 0.05) is 11.4 Å². The predicted molar refractivity (Wildman–Crippen MR) is 70.5 cm³/mol. The maximum absolute atomic E-state index is 4.83. The number of rotatable bonds is 0. The molecule has 1 aliphatic rings. The summed E-state index contributed by atoms with van der Waals surface area (Å²) in [6.07, 6.45) is 3.54. The van der Waals surface area contributed by atoms with Crippen molar-refractivity contribution in [3.8, 4) is 0 Å². The second-order valence-electron chi connectivity index (χ2n) is 6.21. The summed E-state index contributed by atoms with van der Waals surface area (Å²) in [5.74, 6) is 0. The van der Waals surface area contributed by atoms with Gasteiger partial charge in [0.05, 0.1) is 5.69 Å². The third-order valence-electron chi connectivity index (χ3n) is 3.91. The van der Waals surface area contributed by atoms with Crippen LogP contribution in [-0.2, 0) is 12.8 Å². The van der Waals surface area contributed by atoms with Gasteiger partial charge in [-0.3, -0.25) is 0 Å². The third-order valence-corrected chi connectivity index (χ3v) is 3.91. The molecule has 0 bridgehead atoms. The summed E-state index contributed by atoms with van der Waals surface area (Å²) in [6, 6.07) is 4.44. The van der Waals surface area contributed by atoms with Crippen LogP contribution in [0, 0.1) is 19.3 Å². The van der Waals surface area contributed by atoms with Gasteiger partial charge in [0.2, 0.25) is 0 Å². The van der Waals surface area contributed by atoms with Crippen LogP contribution in [0.1, 0.15) is 42.9 Å². The van der Waals surface area contributed by atoms with E-state index in [1.54, 1.807) is 0 Å². The highest BCUT2D eigenvalue weighted by atomic mass is 15.0. The normalized spacial score (nSPS) is 18.4. The van der Waals surface area contributed by atoms with Gasteiger partial charge in [-0.25, -0.2) is 4.98 Å². The fourth-order valence-electron chi connectivity index (χ4n) is 3.05. The van der Waals surface area contributed by atoms with Gasteiger partial charge < -0.3 is 4.40 Å². The minimum Gasteiger partial charge on any atom is -0.301 e. The van der Waals surface area contributed by atoms with Gasteiger partial charge in [0.1, 0.15) is 5.65 Å². The lowest BCUT2D eigenvalue weighted by Crippen LogP contribution is -2.22. The second kappa shape index (κ2) is 3.34. The van der Waals surface area contributed by atoms with Crippen LogP contribution in [0.4, 0.5) is 0 Å². The summed E-state index contributed by atoms with van der Waals surface area (Å²) >= 11 is 0. The van der Waals surface area contributed by atoms with E-state index in [4.69, 9.17) is 4.98 Å².